The number of rotatable bonds is 3. The van der Waals surface area contributed by atoms with Gasteiger partial charge in [0, 0.05) is 33.1 Å². The van der Waals surface area contributed by atoms with Gasteiger partial charge in [-0.1, -0.05) is 17.7 Å². The lowest BCUT2D eigenvalue weighted by atomic mass is 10.2. The summed E-state index contributed by atoms with van der Waals surface area (Å²) in [5, 5.41) is 2.37. The molecule has 6 nitrogen and oxygen atoms in total. The monoisotopic (exact) mass is 341 g/mol. The average molecular weight is 342 g/mol. The molecular formula is C15H17ClFN3O3. The Labute approximate surface area is 138 Å². The number of amides is 3. The summed E-state index contributed by atoms with van der Waals surface area (Å²) in [6, 6.07) is 3.93. The molecule has 0 atom stereocenters. The molecule has 3 amide bonds. The summed E-state index contributed by atoms with van der Waals surface area (Å²) in [6.07, 6.45) is 0. The van der Waals surface area contributed by atoms with Crippen molar-refractivity contribution in [3.05, 3.63) is 34.6 Å². The van der Waals surface area contributed by atoms with Crippen LogP contribution in [0.4, 0.5) is 4.39 Å². The van der Waals surface area contributed by atoms with Crippen molar-refractivity contribution < 1.29 is 18.8 Å². The van der Waals surface area contributed by atoms with Gasteiger partial charge in [-0.3, -0.25) is 14.4 Å². The van der Waals surface area contributed by atoms with Crippen LogP contribution in [0.15, 0.2) is 18.2 Å². The first-order valence-electron chi connectivity index (χ1n) is 7.15. The van der Waals surface area contributed by atoms with Crippen LogP contribution in [-0.4, -0.2) is 60.2 Å². The number of nitrogens with one attached hydrogen (secondary N) is 1. The zero-order chi connectivity index (χ0) is 17.0. The van der Waals surface area contributed by atoms with Gasteiger partial charge in [-0.2, -0.15) is 0 Å². The van der Waals surface area contributed by atoms with E-state index in [1.807, 2.05) is 0 Å². The molecule has 1 aromatic carbocycles. The third-order valence-corrected chi connectivity index (χ3v) is 3.98. The number of carbonyl (C=O) groups is 3. The highest BCUT2D eigenvalue weighted by molar-refractivity contribution is 6.33. The number of carbonyl (C=O) groups excluding carboxylic acids is 3. The highest BCUT2D eigenvalue weighted by atomic mass is 35.5. The lowest BCUT2D eigenvalue weighted by Gasteiger charge is -2.34. The predicted molar refractivity (Wildman–Crippen MR) is 82.6 cm³/mol. The van der Waals surface area contributed by atoms with Gasteiger partial charge < -0.3 is 15.1 Å². The van der Waals surface area contributed by atoms with Crippen molar-refractivity contribution in [2.24, 2.45) is 0 Å². The van der Waals surface area contributed by atoms with Gasteiger partial charge in [-0.15, -0.1) is 0 Å². The average Bonchev–Trinajstić information content (AvgIpc) is 2.52. The Morgan fingerprint density at radius 1 is 1.17 bits per heavy atom. The van der Waals surface area contributed by atoms with Crippen LogP contribution < -0.4 is 5.32 Å². The van der Waals surface area contributed by atoms with E-state index in [4.69, 9.17) is 11.6 Å². The summed E-state index contributed by atoms with van der Waals surface area (Å²) in [7, 11) is 0. The van der Waals surface area contributed by atoms with E-state index in [0.717, 1.165) is 6.07 Å². The second-order valence-corrected chi connectivity index (χ2v) is 5.57. The predicted octanol–water partition coefficient (Wildman–Crippen LogP) is 0.900. The van der Waals surface area contributed by atoms with Crippen LogP contribution in [0.5, 0.6) is 0 Å². The highest BCUT2D eigenvalue weighted by Crippen LogP contribution is 2.18. The topological polar surface area (TPSA) is 69.7 Å². The zero-order valence-corrected chi connectivity index (χ0v) is 13.4. The normalized spacial score (nSPS) is 14.6. The second-order valence-electron chi connectivity index (χ2n) is 5.17. The van der Waals surface area contributed by atoms with Crippen LogP contribution >= 0.6 is 11.6 Å². The Morgan fingerprint density at radius 2 is 1.78 bits per heavy atom. The van der Waals surface area contributed by atoms with Gasteiger partial charge in [0.2, 0.25) is 11.8 Å². The molecule has 1 aliphatic heterocycles. The maximum absolute atomic E-state index is 13.6. The summed E-state index contributed by atoms with van der Waals surface area (Å²) < 4.78 is 13.6. The van der Waals surface area contributed by atoms with E-state index in [-0.39, 0.29) is 28.9 Å². The molecule has 1 heterocycles. The fourth-order valence-electron chi connectivity index (χ4n) is 2.34. The summed E-state index contributed by atoms with van der Waals surface area (Å²) >= 11 is 5.80. The maximum atomic E-state index is 13.6. The van der Waals surface area contributed by atoms with Gasteiger partial charge in [0.05, 0.1) is 17.1 Å². The molecule has 0 spiro atoms. The van der Waals surface area contributed by atoms with E-state index < -0.39 is 11.7 Å². The van der Waals surface area contributed by atoms with Crippen molar-refractivity contribution in [2.75, 3.05) is 32.7 Å². The van der Waals surface area contributed by atoms with Gasteiger partial charge in [0.1, 0.15) is 5.82 Å². The van der Waals surface area contributed by atoms with Crippen molar-refractivity contribution in [2.45, 2.75) is 6.92 Å². The van der Waals surface area contributed by atoms with E-state index in [2.05, 4.69) is 5.32 Å². The molecule has 0 radical (unpaired) electrons. The lowest BCUT2D eigenvalue weighted by Crippen LogP contribution is -2.52. The molecule has 1 aromatic rings. The third kappa shape index (κ3) is 4.19. The zero-order valence-electron chi connectivity index (χ0n) is 12.6. The molecule has 0 aromatic heterocycles. The fraction of sp³-hybridized carbons (Fsp3) is 0.400. The smallest absolute Gasteiger partial charge is 0.256 e. The second kappa shape index (κ2) is 7.41. The molecular weight excluding hydrogens is 325 g/mol. The van der Waals surface area contributed by atoms with Crippen molar-refractivity contribution >= 4 is 29.3 Å². The van der Waals surface area contributed by atoms with Crippen LogP contribution in [0.1, 0.15) is 17.3 Å². The first-order chi connectivity index (χ1) is 10.9. The lowest BCUT2D eigenvalue weighted by molar-refractivity contribution is -0.137. The highest BCUT2D eigenvalue weighted by Gasteiger charge is 2.23. The van der Waals surface area contributed by atoms with E-state index in [9.17, 15) is 18.8 Å². The van der Waals surface area contributed by atoms with Gasteiger partial charge in [-0.05, 0) is 12.1 Å². The van der Waals surface area contributed by atoms with E-state index in [0.29, 0.717) is 26.2 Å². The molecule has 1 fully saturated rings. The van der Waals surface area contributed by atoms with E-state index >= 15 is 0 Å². The molecule has 0 aliphatic carbocycles. The number of hydrogen-bond donors (Lipinski definition) is 1. The van der Waals surface area contributed by atoms with Crippen molar-refractivity contribution in [3.8, 4) is 0 Å². The van der Waals surface area contributed by atoms with Gasteiger partial charge in [-0.25, -0.2) is 4.39 Å². The largest absolute Gasteiger partial charge is 0.343 e. The minimum atomic E-state index is -0.738. The molecule has 2 rings (SSSR count). The van der Waals surface area contributed by atoms with Crippen LogP contribution in [0, 0.1) is 5.82 Å². The number of benzene rings is 1. The summed E-state index contributed by atoms with van der Waals surface area (Å²) in [6.45, 7) is 2.99. The van der Waals surface area contributed by atoms with Crippen LogP contribution in [0.3, 0.4) is 0 Å². The quantitative estimate of drug-likeness (QED) is 0.888. The van der Waals surface area contributed by atoms with Crippen LogP contribution in [0.2, 0.25) is 5.02 Å². The third-order valence-electron chi connectivity index (χ3n) is 3.67. The van der Waals surface area contributed by atoms with Crippen LogP contribution in [-0.2, 0) is 9.59 Å². The summed E-state index contributed by atoms with van der Waals surface area (Å²) in [4.78, 5) is 38.5. The molecule has 0 unspecified atom stereocenters. The number of hydrogen-bond acceptors (Lipinski definition) is 3. The molecule has 124 valence electrons. The van der Waals surface area contributed by atoms with E-state index in [1.54, 1.807) is 9.80 Å². The standard InChI is InChI=1S/C15H17ClFN3O3/c1-10(21)19-5-7-20(8-6-19)13(22)9-18-15(23)14-11(16)3-2-4-12(14)17/h2-4H,5-9H2,1H3,(H,18,23). The first-order valence-corrected chi connectivity index (χ1v) is 7.53. The Balaban J connectivity index is 1.88. The van der Waals surface area contributed by atoms with Gasteiger partial charge in [0.15, 0.2) is 0 Å². The molecule has 1 N–H and O–H groups in total. The molecule has 0 bridgehead atoms. The van der Waals surface area contributed by atoms with Gasteiger partial charge >= 0.3 is 0 Å². The maximum Gasteiger partial charge on any atom is 0.256 e. The van der Waals surface area contributed by atoms with E-state index in [1.165, 1.54) is 19.1 Å². The molecule has 8 heteroatoms. The Morgan fingerprint density at radius 3 is 2.35 bits per heavy atom. The summed E-state index contributed by atoms with van der Waals surface area (Å²) in [5.41, 5.74) is -0.275. The molecule has 1 aliphatic rings. The molecule has 23 heavy (non-hydrogen) atoms. The Bertz CT molecular complexity index is 610. The molecule has 0 saturated carbocycles. The number of halogens is 2. The van der Waals surface area contributed by atoms with Crippen molar-refractivity contribution in [1.29, 1.82) is 0 Å². The minimum Gasteiger partial charge on any atom is -0.343 e. The first kappa shape index (κ1) is 17.2. The van der Waals surface area contributed by atoms with Crippen molar-refractivity contribution in [3.63, 3.8) is 0 Å². The van der Waals surface area contributed by atoms with Crippen LogP contribution in [0.25, 0.3) is 0 Å². The number of piperazine rings is 1. The fourth-order valence-corrected chi connectivity index (χ4v) is 2.59. The summed E-state index contributed by atoms with van der Waals surface area (Å²) in [5.74, 6) is -1.78. The molecule has 1 saturated heterocycles. The SMILES string of the molecule is CC(=O)N1CCN(C(=O)CNC(=O)c2c(F)cccc2Cl)CC1. The Kier molecular flexibility index (Phi) is 5.54. The van der Waals surface area contributed by atoms with Crippen molar-refractivity contribution in [1.82, 2.24) is 15.1 Å². The Hall–Kier alpha value is -2.15. The minimum absolute atomic E-state index is 0.00924. The van der Waals surface area contributed by atoms with Gasteiger partial charge in [0.25, 0.3) is 5.91 Å². The number of nitrogens with zero attached hydrogens (tertiary/aromatic N) is 2.